The molecule has 0 aliphatic carbocycles. The first kappa shape index (κ1) is 17.4. The molecule has 4 rings (SSSR count). The van der Waals surface area contributed by atoms with E-state index < -0.39 is 0 Å². The molecule has 0 bridgehead atoms. The third-order valence-electron chi connectivity index (χ3n) is 5.06. The molecule has 0 saturated heterocycles. The van der Waals surface area contributed by atoms with E-state index in [9.17, 15) is 4.79 Å². The monoisotopic (exact) mass is 361 g/mol. The zero-order valence-electron chi connectivity index (χ0n) is 15.5. The van der Waals surface area contributed by atoms with E-state index >= 15 is 0 Å². The highest BCUT2D eigenvalue weighted by Gasteiger charge is 2.19. The number of nitrogens with zero attached hydrogens (tertiary/aromatic N) is 5. The van der Waals surface area contributed by atoms with E-state index in [0.29, 0.717) is 5.56 Å². The van der Waals surface area contributed by atoms with Crippen molar-refractivity contribution in [1.82, 2.24) is 19.7 Å². The molecule has 3 heterocycles. The Hall–Kier alpha value is -3.02. The number of ketones is 1. The quantitative estimate of drug-likeness (QED) is 0.654. The molecule has 3 aromatic rings. The van der Waals surface area contributed by atoms with E-state index in [1.807, 2.05) is 18.2 Å². The van der Waals surface area contributed by atoms with Gasteiger partial charge in [0.15, 0.2) is 5.78 Å². The van der Waals surface area contributed by atoms with Crippen LogP contribution in [0, 0.1) is 0 Å². The van der Waals surface area contributed by atoms with Crippen molar-refractivity contribution in [2.75, 3.05) is 18.0 Å². The molecule has 6 nitrogen and oxygen atoms in total. The van der Waals surface area contributed by atoms with Gasteiger partial charge in [-0.3, -0.25) is 4.79 Å². The second-order valence-corrected chi connectivity index (χ2v) is 6.87. The number of pyridine rings is 1. The third-order valence-corrected chi connectivity index (χ3v) is 5.06. The van der Waals surface area contributed by atoms with Gasteiger partial charge in [0.25, 0.3) is 0 Å². The predicted molar refractivity (Wildman–Crippen MR) is 104 cm³/mol. The number of aromatic nitrogens is 4. The van der Waals surface area contributed by atoms with Crippen LogP contribution in [0.5, 0.6) is 0 Å². The molecule has 1 aliphatic heterocycles. The number of hydrogen-bond acceptors (Lipinski definition) is 5. The van der Waals surface area contributed by atoms with Crippen molar-refractivity contribution in [3.63, 3.8) is 0 Å². The van der Waals surface area contributed by atoms with E-state index in [1.54, 1.807) is 13.1 Å². The zero-order valence-corrected chi connectivity index (χ0v) is 15.5. The second-order valence-electron chi connectivity index (χ2n) is 6.87. The maximum Gasteiger partial charge on any atom is 0.161 e. The maximum absolute atomic E-state index is 11.4. The molecule has 0 unspecified atom stereocenters. The first-order chi connectivity index (χ1) is 13.2. The summed E-state index contributed by atoms with van der Waals surface area (Å²) in [5.74, 6) is 3.04. The summed E-state index contributed by atoms with van der Waals surface area (Å²) in [6, 6.07) is 14.3. The molecule has 138 valence electrons. The Morgan fingerprint density at radius 1 is 1.00 bits per heavy atom. The minimum Gasteiger partial charge on any atom is -0.354 e. The fourth-order valence-corrected chi connectivity index (χ4v) is 3.48. The topological polar surface area (TPSA) is 63.9 Å². The van der Waals surface area contributed by atoms with Crippen LogP contribution < -0.4 is 4.90 Å². The van der Waals surface area contributed by atoms with Crippen LogP contribution in [-0.2, 0) is 25.8 Å². The number of fused-ring (bicyclic) bond motifs is 1. The SMILES string of the molecule is CC(=O)c1ccc(N2CCc3nnc(CCc4ccccc4)n3CC2)nc1. The lowest BCUT2D eigenvalue weighted by molar-refractivity contribution is 0.101. The lowest BCUT2D eigenvalue weighted by atomic mass is 10.1. The highest BCUT2D eigenvalue weighted by atomic mass is 16.1. The van der Waals surface area contributed by atoms with E-state index in [4.69, 9.17) is 0 Å². The summed E-state index contributed by atoms with van der Waals surface area (Å²) in [6.45, 7) is 4.12. The summed E-state index contributed by atoms with van der Waals surface area (Å²) < 4.78 is 2.26. The normalized spacial score (nSPS) is 13.9. The molecule has 0 radical (unpaired) electrons. The minimum atomic E-state index is 0.0409. The molecule has 1 aromatic carbocycles. The highest BCUT2D eigenvalue weighted by molar-refractivity contribution is 5.93. The van der Waals surface area contributed by atoms with Gasteiger partial charge in [-0.2, -0.15) is 0 Å². The van der Waals surface area contributed by atoms with Crippen molar-refractivity contribution in [2.45, 2.75) is 32.7 Å². The number of benzene rings is 1. The van der Waals surface area contributed by atoms with Gasteiger partial charge < -0.3 is 9.47 Å². The highest BCUT2D eigenvalue weighted by Crippen LogP contribution is 2.17. The average Bonchev–Trinajstić information content (AvgIpc) is 2.96. The molecular weight excluding hydrogens is 338 g/mol. The average molecular weight is 361 g/mol. The number of Topliss-reactive ketones (excluding diaryl/α,β-unsaturated/α-hetero) is 1. The van der Waals surface area contributed by atoms with Crippen LogP contribution in [0.3, 0.4) is 0 Å². The first-order valence-electron chi connectivity index (χ1n) is 9.37. The van der Waals surface area contributed by atoms with Crippen LogP contribution in [0.15, 0.2) is 48.7 Å². The predicted octanol–water partition coefficient (Wildman–Crippen LogP) is 2.72. The van der Waals surface area contributed by atoms with Gasteiger partial charge in [0.2, 0.25) is 0 Å². The molecule has 27 heavy (non-hydrogen) atoms. The number of rotatable bonds is 5. The Labute approximate surface area is 158 Å². The standard InChI is InChI=1S/C21H23N5O/c1-16(27)18-8-10-19(22-15-18)25-12-11-21-24-23-20(26(21)14-13-25)9-7-17-5-3-2-4-6-17/h2-6,8,10,15H,7,9,11-14H2,1H3. The lowest BCUT2D eigenvalue weighted by Crippen LogP contribution is -2.27. The van der Waals surface area contributed by atoms with Crippen LogP contribution in [0.4, 0.5) is 5.82 Å². The molecule has 0 saturated carbocycles. The van der Waals surface area contributed by atoms with Crippen molar-refractivity contribution in [2.24, 2.45) is 0 Å². The Morgan fingerprint density at radius 2 is 1.85 bits per heavy atom. The number of anilines is 1. The molecule has 0 atom stereocenters. The number of carbonyl (C=O) groups is 1. The number of carbonyl (C=O) groups excluding carboxylic acids is 1. The summed E-state index contributed by atoms with van der Waals surface area (Å²) in [5, 5.41) is 8.84. The minimum absolute atomic E-state index is 0.0409. The lowest BCUT2D eigenvalue weighted by Gasteiger charge is -2.21. The van der Waals surface area contributed by atoms with Crippen LogP contribution in [0.25, 0.3) is 0 Å². The van der Waals surface area contributed by atoms with E-state index in [1.165, 1.54) is 5.56 Å². The molecule has 1 aliphatic rings. The number of aryl methyl sites for hydroxylation is 2. The Morgan fingerprint density at radius 3 is 2.59 bits per heavy atom. The van der Waals surface area contributed by atoms with Gasteiger partial charge in [0.05, 0.1) is 0 Å². The van der Waals surface area contributed by atoms with E-state index in [0.717, 1.165) is 56.4 Å². The molecule has 2 aromatic heterocycles. The van der Waals surface area contributed by atoms with Crippen LogP contribution in [-0.4, -0.2) is 38.6 Å². The second kappa shape index (κ2) is 7.70. The Bertz CT molecular complexity index is 918. The van der Waals surface area contributed by atoms with Gasteiger partial charge in [-0.05, 0) is 31.0 Å². The maximum atomic E-state index is 11.4. The first-order valence-corrected chi connectivity index (χ1v) is 9.37. The number of hydrogen-bond donors (Lipinski definition) is 0. The summed E-state index contributed by atoms with van der Waals surface area (Å²) in [7, 11) is 0. The molecule has 0 amide bonds. The summed E-state index contributed by atoms with van der Waals surface area (Å²) in [6.07, 6.45) is 4.36. The van der Waals surface area contributed by atoms with Crippen molar-refractivity contribution < 1.29 is 4.79 Å². The third kappa shape index (κ3) is 3.89. The van der Waals surface area contributed by atoms with E-state index in [-0.39, 0.29) is 5.78 Å². The zero-order chi connectivity index (χ0) is 18.6. The van der Waals surface area contributed by atoms with Gasteiger partial charge in [0, 0.05) is 44.2 Å². The molecule has 0 fully saturated rings. The van der Waals surface area contributed by atoms with Crippen LogP contribution in [0.1, 0.15) is 34.5 Å². The Balaban J connectivity index is 1.44. The van der Waals surface area contributed by atoms with Crippen molar-refractivity contribution in [3.8, 4) is 0 Å². The summed E-state index contributed by atoms with van der Waals surface area (Å²) in [5.41, 5.74) is 1.97. The molecule has 6 heteroatoms. The Kier molecular flexibility index (Phi) is 4.96. The fraction of sp³-hybridized carbons (Fsp3) is 0.333. The van der Waals surface area contributed by atoms with Crippen molar-refractivity contribution in [3.05, 3.63) is 71.4 Å². The van der Waals surface area contributed by atoms with Gasteiger partial charge in [-0.1, -0.05) is 30.3 Å². The largest absolute Gasteiger partial charge is 0.354 e. The van der Waals surface area contributed by atoms with Crippen LogP contribution in [0.2, 0.25) is 0 Å². The molecule has 0 N–H and O–H groups in total. The van der Waals surface area contributed by atoms with Gasteiger partial charge in [-0.15, -0.1) is 10.2 Å². The fourth-order valence-electron chi connectivity index (χ4n) is 3.48. The summed E-state index contributed by atoms with van der Waals surface area (Å²) >= 11 is 0. The van der Waals surface area contributed by atoms with E-state index in [2.05, 4.69) is 48.9 Å². The van der Waals surface area contributed by atoms with Crippen LogP contribution >= 0.6 is 0 Å². The van der Waals surface area contributed by atoms with Gasteiger partial charge in [-0.25, -0.2) is 4.98 Å². The van der Waals surface area contributed by atoms with Gasteiger partial charge in [0.1, 0.15) is 17.5 Å². The molecular formula is C21H23N5O. The van der Waals surface area contributed by atoms with Gasteiger partial charge >= 0.3 is 0 Å². The summed E-state index contributed by atoms with van der Waals surface area (Å²) in [4.78, 5) is 18.2. The van der Waals surface area contributed by atoms with Crippen molar-refractivity contribution >= 4 is 11.6 Å². The molecule has 0 spiro atoms. The van der Waals surface area contributed by atoms with Crippen molar-refractivity contribution in [1.29, 1.82) is 0 Å². The smallest absolute Gasteiger partial charge is 0.161 e.